The van der Waals surface area contributed by atoms with Crippen LogP contribution in [0.25, 0.3) is 0 Å². The summed E-state index contributed by atoms with van der Waals surface area (Å²) in [4.78, 5) is 48.9. The third-order valence-electron chi connectivity index (χ3n) is 4.54. The highest BCUT2D eigenvalue weighted by Gasteiger charge is 2.26. The highest BCUT2D eigenvalue weighted by molar-refractivity contribution is 5.76. The highest BCUT2D eigenvalue weighted by atomic mass is 16.8. The third kappa shape index (κ3) is 12.8. The van der Waals surface area contributed by atoms with E-state index >= 15 is 0 Å². The van der Waals surface area contributed by atoms with Gasteiger partial charge in [0.05, 0.1) is 13.0 Å². The van der Waals surface area contributed by atoms with E-state index in [1.807, 2.05) is 0 Å². The summed E-state index contributed by atoms with van der Waals surface area (Å²) in [5.41, 5.74) is -1.07. The average molecular weight is 540 g/mol. The van der Waals surface area contributed by atoms with Crippen molar-refractivity contribution < 1.29 is 47.6 Å². The topological polar surface area (TPSA) is 136 Å². The summed E-state index contributed by atoms with van der Waals surface area (Å²) in [6, 6.07) is 3.65. The fraction of sp³-hybridized carbons (Fsp3) is 0.630. The van der Waals surface area contributed by atoms with Gasteiger partial charge in [0.15, 0.2) is 11.5 Å². The molecule has 0 aliphatic carbocycles. The van der Waals surface area contributed by atoms with Gasteiger partial charge >= 0.3 is 24.2 Å². The zero-order valence-electron chi connectivity index (χ0n) is 24.0. The van der Waals surface area contributed by atoms with Gasteiger partial charge in [-0.25, -0.2) is 9.59 Å². The maximum Gasteiger partial charge on any atom is 0.514 e. The number of carbonyl (C=O) groups excluding carboxylic acids is 4. The number of hydrogen-bond acceptors (Lipinski definition) is 11. The molecule has 214 valence electrons. The number of carbonyl (C=O) groups is 4. The Balaban J connectivity index is 3.15. The average Bonchev–Trinajstić information content (AvgIpc) is 2.74. The summed E-state index contributed by atoms with van der Waals surface area (Å²) < 4.78 is 31.2. The van der Waals surface area contributed by atoms with E-state index < -0.39 is 41.6 Å². The maximum atomic E-state index is 12.4. The van der Waals surface area contributed by atoms with Gasteiger partial charge in [-0.15, -0.1) is 0 Å². The van der Waals surface area contributed by atoms with Gasteiger partial charge in [-0.05, 0) is 72.6 Å². The van der Waals surface area contributed by atoms with Gasteiger partial charge in [0.1, 0.15) is 23.3 Å². The predicted molar refractivity (Wildman–Crippen MR) is 138 cm³/mol. The number of nitrogens with one attached hydrogen (secondary N) is 1. The van der Waals surface area contributed by atoms with Crippen molar-refractivity contribution in [2.24, 2.45) is 5.92 Å². The molecule has 1 N–H and O–H groups in total. The molecule has 0 spiro atoms. The molecule has 0 amide bonds. The second kappa shape index (κ2) is 14.0. The minimum absolute atomic E-state index is 0.0781. The third-order valence-corrected chi connectivity index (χ3v) is 4.54. The van der Waals surface area contributed by atoms with E-state index in [0.29, 0.717) is 5.56 Å². The Morgan fingerprint density at radius 2 is 1.34 bits per heavy atom. The fourth-order valence-corrected chi connectivity index (χ4v) is 2.87. The van der Waals surface area contributed by atoms with Crippen molar-refractivity contribution in [1.29, 1.82) is 0 Å². The standard InChI is InChI=1S/C27H41NO10/c1-16(2)22(29)34-17(3)15-28-19(23(30)33-10)13-18-11-12-20(35-24(31)37-26(4,5)6)21(14-18)36-25(32)38-27(7,8)9/h11-12,14,16-17,19,28H,13,15H2,1-10H3/t17?,19-/m0/s1. The van der Waals surface area contributed by atoms with Crippen LogP contribution in [0.1, 0.15) is 67.9 Å². The number of rotatable bonds is 10. The molecule has 0 aliphatic heterocycles. The Labute approximate surface area is 224 Å². The molecule has 0 fully saturated rings. The molecule has 1 rings (SSSR count). The summed E-state index contributed by atoms with van der Waals surface area (Å²) in [5, 5.41) is 3.04. The first-order chi connectivity index (χ1) is 17.4. The van der Waals surface area contributed by atoms with Crippen molar-refractivity contribution in [1.82, 2.24) is 5.32 Å². The van der Waals surface area contributed by atoms with Crippen LogP contribution >= 0.6 is 0 Å². The summed E-state index contributed by atoms with van der Waals surface area (Å²) in [6.07, 6.45) is -2.37. The first-order valence-corrected chi connectivity index (χ1v) is 12.4. The highest BCUT2D eigenvalue weighted by Crippen LogP contribution is 2.31. The molecule has 0 saturated carbocycles. The smallest absolute Gasteiger partial charge is 0.468 e. The number of benzene rings is 1. The lowest BCUT2D eigenvalue weighted by molar-refractivity contribution is -0.152. The van der Waals surface area contributed by atoms with Crippen LogP contribution in [-0.2, 0) is 35.0 Å². The quantitative estimate of drug-likeness (QED) is 0.254. The Bertz CT molecular complexity index is 975. The van der Waals surface area contributed by atoms with Crippen molar-refractivity contribution in [2.75, 3.05) is 13.7 Å². The lowest BCUT2D eigenvalue weighted by atomic mass is 10.0. The first kappa shape index (κ1) is 32.7. The van der Waals surface area contributed by atoms with Crippen LogP contribution in [0.5, 0.6) is 11.5 Å². The molecular weight excluding hydrogens is 498 g/mol. The molecule has 0 radical (unpaired) electrons. The monoisotopic (exact) mass is 539 g/mol. The minimum atomic E-state index is -1.01. The minimum Gasteiger partial charge on any atom is -0.468 e. The van der Waals surface area contributed by atoms with Crippen LogP contribution in [0, 0.1) is 5.92 Å². The van der Waals surface area contributed by atoms with Crippen LogP contribution in [-0.4, -0.2) is 61.3 Å². The number of hydrogen-bond donors (Lipinski definition) is 1. The van der Waals surface area contributed by atoms with Crippen molar-refractivity contribution in [3.05, 3.63) is 23.8 Å². The van der Waals surface area contributed by atoms with E-state index in [9.17, 15) is 19.2 Å². The number of ether oxygens (including phenoxy) is 6. The van der Waals surface area contributed by atoms with Crippen molar-refractivity contribution in [3.8, 4) is 11.5 Å². The van der Waals surface area contributed by atoms with Gasteiger partial charge in [0, 0.05) is 6.54 Å². The largest absolute Gasteiger partial charge is 0.514 e. The first-order valence-electron chi connectivity index (χ1n) is 12.4. The molecule has 1 unspecified atom stereocenters. The molecule has 0 saturated heterocycles. The van der Waals surface area contributed by atoms with E-state index in [1.165, 1.54) is 19.2 Å². The lowest BCUT2D eigenvalue weighted by Crippen LogP contribution is -2.43. The Morgan fingerprint density at radius 3 is 1.82 bits per heavy atom. The van der Waals surface area contributed by atoms with Crippen LogP contribution in [0.2, 0.25) is 0 Å². The molecule has 2 atom stereocenters. The van der Waals surface area contributed by atoms with Crippen LogP contribution in [0.15, 0.2) is 18.2 Å². The molecule has 1 aromatic rings. The summed E-state index contributed by atoms with van der Waals surface area (Å²) >= 11 is 0. The van der Waals surface area contributed by atoms with Crippen molar-refractivity contribution >= 4 is 24.2 Å². The fourth-order valence-electron chi connectivity index (χ4n) is 2.87. The SMILES string of the molecule is COC(=O)[C@H](Cc1ccc(OC(=O)OC(C)(C)C)c(OC(=O)OC(C)(C)C)c1)NCC(C)OC(=O)C(C)C. The Morgan fingerprint density at radius 1 is 0.816 bits per heavy atom. The van der Waals surface area contributed by atoms with Crippen LogP contribution in [0.4, 0.5) is 9.59 Å². The van der Waals surface area contributed by atoms with Crippen molar-refractivity contribution in [3.63, 3.8) is 0 Å². The van der Waals surface area contributed by atoms with Crippen LogP contribution in [0.3, 0.4) is 0 Å². The van der Waals surface area contributed by atoms with Gasteiger partial charge in [0.25, 0.3) is 0 Å². The molecule has 38 heavy (non-hydrogen) atoms. The van der Waals surface area contributed by atoms with Gasteiger partial charge in [-0.2, -0.15) is 0 Å². The maximum absolute atomic E-state index is 12.4. The number of esters is 2. The van der Waals surface area contributed by atoms with E-state index in [4.69, 9.17) is 28.4 Å². The molecule has 0 bridgehead atoms. The lowest BCUT2D eigenvalue weighted by Gasteiger charge is -2.22. The van der Waals surface area contributed by atoms with E-state index in [-0.39, 0.29) is 36.4 Å². The molecule has 1 aromatic carbocycles. The predicted octanol–water partition coefficient (Wildman–Crippen LogP) is 4.58. The van der Waals surface area contributed by atoms with Crippen molar-refractivity contribution in [2.45, 2.75) is 92.1 Å². The Kier molecular flexibility index (Phi) is 12.0. The van der Waals surface area contributed by atoms with E-state index in [1.54, 1.807) is 68.4 Å². The van der Waals surface area contributed by atoms with Gasteiger partial charge < -0.3 is 33.7 Å². The summed E-state index contributed by atoms with van der Waals surface area (Å²) in [6.45, 7) is 15.4. The van der Waals surface area contributed by atoms with E-state index in [2.05, 4.69) is 5.32 Å². The molecular formula is C27H41NO10. The zero-order valence-corrected chi connectivity index (χ0v) is 24.0. The molecule has 0 heterocycles. The second-order valence-corrected chi connectivity index (χ2v) is 11.0. The van der Waals surface area contributed by atoms with E-state index in [0.717, 1.165) is 0 Å². The molecule has 0 aliphatic rings. The van der Waals surface area contributed by atoms with Crippen LogP contribution < -0.4 is 14.8 Å². The molecule has 11 nitrogen and oxygen atoms in total. The normalized spacial score (nSPS) is 13.2. The zero-order chi connectivity index (χ0) is 29.3. The van der Waals surface area contributed by atoms with Gasteiger partial charge in [-0.1, -0.05) is 19.9 Å². The summed E-state index contributed by atoms with van der Waals surface area (Å²) in [5.74, 6) is -1.36. The van der Waals surface area contributed by atoms with Gasteiger partial charge in [-0.3, -0.25) is 9.59 Å². The molecule has 11 heteroatoms. The number of methoxy groups -OCH3 is 1. The Hall–Kier alpha value is -3.34. The van der Waals surface area contributed by atoms with Gasteiger partial charge in [0.2, 0.25) is 0 Å². The summed E-state index contributed by atoms with van der Waals surface area (Å²) in [7, 11) is 1.26. The second-order valence-electron chi connectivity index (χ2n) is 11.0. The molecule has 0 aromatic heterocycles.